The lowest BCUT2D eigenvalue weighted by atomic mass is 9.94. The Kier molecular flexibility index (Phi) is 5.54. The first-order valence-corrected chi connectivity index (χ1v) is 7.65. The first kappa shape index (κ1) is 16.0. The molecule has 0 atom stereocenters. The maximum Gasteiger partial charge on any atom is 0.303 e. The number of rotatable bonds is 6. The Balaban J connectivity index is 2.33. The van der Waals surface area contributed by atoms with Gasteiger partial charge in [0.05, 0.1) is 0 Å². The van der Waals surface area contributed by atoms with E-state index in [4.69, 9.17) is 5.11 Å². The van der Waals surface area contributed by atoms with Crippen LogP contribution in [0.3, 0.4) is 0 Å². The monoisotopic (exact) mass is 294 g/mol. The molecule has 0 fully saturated rings. The second-order valence-corrected chi connectivity index (χ2v) is 5.69. The summed E-state index contributed by atoms with van der Waals surface area (Å²) in [6.45, 7) is 4.35. The Hall–Kier alpha value is -2.35. The van der Waals surface area contributed by atoms with Gasteiger partial charge in [-0.3, -0.25) is 4.79 Å². The number of aliphatic carboxylic acids is 1. The molecule has 2 rings (SSSR count). The van der Waals surface area contributed by atoms with Gasteiger partial charge in [-0.05, 0) is 34.6 Å². The van der Waals surface area contributed by atoms with Crippen molar-refractivity contribution in [3.05, 3.63) is 77.4 Å². The molecule has 0 amide bonds. The van der Waals surface area contributed by atoms with Crippen LogP contribution in [0.5, 0.6) is 0 Å². The van der Waals surface area contributed by atoms with Crippen LogP contribution in [0.1, 0.15) is 49.3 Å². The fourth-order valence-electron chi connectivity index (χ4n) is 2.41. The summed E-state index contributed by atoms with van der Waals surface area (Å²) in [4.78, 5) is 10.7. The predicted octanol–water partition coefficient (Wildman–Crippen LogP) is 5.11. The van der Waals surface area contributed by atoms with Gasteiger partial charge in [0, 0.05) is 6.42 Å². The number of hydrogen-bond donors (Lipinski definition) is 1. The van der Waals surface area contributed by atoms with E-state index >= 15 is 0 Å². The summed E-state index contributed by atoms with van der Waals surface area (Å²) in [5.74, 6) is -0.260. The van der Waals surface area contributed by atoms with Gasteiger partial charge in [-0.2, -0.15) is 0 Å². The Morgan fingerprint density at radius 2 is 1.59 bits per heavy atom. The second kappa shape index (κ2) is 7.60. The minimum absolute atomic E-state index is 0.153. The van der Waals surface area contributed by atoms with Gasteiger partial charge in [-0.15, -0.1) is 0 Å². The number of benzene rings is 2. The first-order chi connectivity index (χ1) is 10.6. The van der Waals surface area contributed by atoms with Gasteiger partial charge in [-0.1, -0.05) is 74.5 Å². The molecule has 0 aromatic heterocycles. The van der Waals surface area contributed by atoms with Crippen LogP contribution in [0.25, 0.3) is 5.57 Å². The molecule has 0 unspecified atom stereocenters. The van der Waals surface area contributed by atoms with Crippen LogP contribution >= 0.6 is 0 Å². The second-order valence-electron chi connectivity index (χ2n) is 5.69. The number of carboxylic acid groups (broad SMARTS) is 1. The van der Waals surface area contributed by atoms with Gasteiger partial charge in [0.2, 0.25) is 0 Å². The molecule has 0 radical (unpaired) electrons. The average Bonchev–Trinajstić information content (AvgIpc) is 2.52. The molecular formula is C20H22O2. The van der Waals surface area contributed by atoms with Gasteiger partial charge in [0.1, 0.15) is 0 Å². The van der Waals surface area contributed by atoms with Crippen LogP contribution in [0.15, 0.2) is 60.7 Å². The zero-order valence-corrected chi connectivity index (χ0v) is 13.1. The van der Waals surface area contributed by atoms with E-state index in [0.717, 1.165) is 16.7 Å². The van der Waals surface area contributed by atoms with Gasteiger partial charge in [-0.25, -0.2) is 0 Å². The fourth-order valence-corrected chi connectivity index (χ4v) is 2.41. The molecule has 2 nitrogen and oxygen atoms in total. The number of carboxylic acids is 1. The zero-order chi connectivity index (χ0) is 15.9. The molecule has 2 heteroatoms. The van der Waals surface area contributed by atoms with E-state index in [1.807, 2.05) is 24.3 Å². The molecule has 0 aliphatic heterocycles. The highest BCUT2D eigenvalue weighted by Crippen LogP contribution is 2.26. The third-order valence-corrected chi connectivity index (χ3v) is 3.68. The van der Waals surface area contributed by atoms with Crippen molar-refractivity contribution in [2.45, 2.75) is 32.6 Å². The van der Waals surface area contributed by atoms with Crippen LogP contribution in [0.4, 0.5) is 0 Å². The first-order valence-electron chi connectivity index (χ1n) is 7.65. The zero-order valence-electron chi connectivity index (χ0n) is 13.1. The van der Waals surface area contributed by atoms with Gasteiger partial charge in [0.15, 0.2) is 0 Å². The normalized spacial score (nSPS) is 11.7. The molecule has 0 saturated heterocycles. The van der Waals surface area contributed by atoms with E-state index in [-0.39, 0.29) is 6.42 Å². The molecule has 0 heterocycles. The fraction of sp³-hybridized carbons (Fsp3) is 0.250. The molecule has 22 heavy (non-hydrogen) atoms. The van der Waals surface area contributed by atoms with E-state index in [9.17, 15) is 4.79 Å². The van der Waals surface area contributed by atoms with Crippen molar-refractivity contribution < 1.29 is 9.90 Å². The number of carbonyl (C=O) groups is 1. The lowest BCUT2D eigenvalue weighted by molar-refractivity contribution is -0.136. The highest BCUT2D eigenvalue weighted by atomic mass is 16.4. The van der Waals surface area contributed by atoms with Crippen molar-refractivity contribution in [2.75, 3.05) is 0 Å². The van der Waals surface area contributed by atoms with Crippen LogP contribution < -0.4 is 0 Å². The molecule has 0 aliphatic carbocycles. The quantitative estimate of drug-likeness (QED) is 0.804. The maximum atomic E-state index is 10.7. The summed E-state index contributed by atoms with van der Waals surface area (Å²) in [7, 11) is 0. The van der Waals surface area contributed by atoms with Gasteiger partial charge < -0.3 is 5.11 Å². The Morgan fingerprint density at radius 1 is 1.00 bits per heavy atom. The third-order valence-electron chi connectivity index (χ3n) is 3.68. The summed E-state index contributed by atoms with van der Waals surface area (Å²) < 4.78 is 0. The topological polar surface area (TPSA) is 37.3 Å². The standard InChI is InChI=1S/C20H22O2/c1-15(2)16-11-13-18(14-12-16)19(9-6-10-20(21)22)17-7-4-3-5-8-17/h3-5,7-9,11-15H,6,10H2,1-2H3,(H,21,22). The van der Waals surface area contributed by atoms with E-state index in [1.165, 1.54) is 5.56 Å². The van der Waals surface area contributed by atoms with Crippen LogP contribution in [0.2, 0.25) is 0 Å². The molecular weight excluding hydrogens is 272 g/mol. The molecule has 114 valence electrons. The summed E-state index contributed by atoms with van der Waals surface area (Å²) >= 11 is 0. The third kappa shape index (κ3) is 4.32. The smallest absolute Gasteiger partial charge is 0.303 e. The molecule has 0 aliphatic rings. The number of allylic oxidation sites excluding steroid dienone is 1. The van der Waals surface area contributed by atoms with Gasteiger partial charge in [0.25, 0.3) is 0 Å². The molecule has 0 bridgehead atoms. The highest BCUT2D eigenvalue weighted by molar-refractivity contribution is 5.80. The molecule has 2 aromatic rings. The summed E-state index contributed by atoms with van der Waals surface area (Å²) in [5.41, 5.74) is 4.64. The van der Waals surface area contributed by atoms with Gasteiger partial charge >= 0.3 is 5.97 Å². The van der Waals surface area contributed by atoms with E-state index in [2.05, 4.69) is 50.2 Å². The van der Waals surface area contributed by atoms with Crippen molar-refractivity contribution in [2.24, 2.45) is 0 Å². The van der Waals surface area contributed by atoms with Crippen molar-refractivity contribution in [3.63, 3.8) is 0 Å². The minimum Gasteiger partial charge on any atom is -0.481 e. The summed E-state index contributed by atoms with van der Waals surface area (Å²) in [6.07, 6.45) is 2.71. The van der Waals surface area contributed by atoms with Crippen LogP contribution in [-0.4, -0.2) is 11.1 Å². The highest BCUT2D eigenvalue weighted by Gasteiger charge is 2.06. The van der Waals surface area contributed by atoms with E-state index in [0.29, 0.717) is 12.3 Å². The van der Waals surface area contributed by atoms with Crippen molar-refractivity contribution in [3.8, 4) is 0 Å². The number of hydrogen-bond acceptors (Lipinski definition) is 1. The Morgan fingerprint density at radius 3 is 2.14 bits per heavy atom. The molecule has 0 saturated carbocycles. The maximum absolute atomic E-state index is 10.7. The minimum atomic E-state index is -0.765. The molecule has 0 spiro atoms. The summed E-state index contributed by atoms with van der Waals surface area (Å²) in [6, 6.07) is 18.6. The SMILES string of the molecule is CC(C)c1ccc(C(=CCCC(=O)O)c2ccccc2)cc1. The van der Waals surface area contributed by atoms with Crippen molar-refractivity contribution >= 4 is 11.5 Å². The van der Waals surface area contributed by atoms with E-state index in [1.54, 1.807) is 0 Å². The largest absolute Gasteiger partial charge is 0.481 e. The van der Waals surface area contributed by atoms with Crippen LogP contribution in [-0.2, 0) is 4.79 Å². The van der Waals surface area contributed by atoms with Crippen molar-refractivity contribution in [1.82, 2.24) is 0 Å². The lowest BCUT2D eigenvalue weighted by Crippen LogP contribution is -1.94. The Bertz CT molecular complexity index is 637. The van der Waals surface area contributed by atoms with Crippen molar-refractivity contribution in [1.29, 1.82) is 0 Å². The molecule has 1 N–H and O–H groups in total. The lowest BCUT2D eigenvalue weighted by Gasteiger charge is -2.11. The predicted molar refractivity (Wildman–Crippen MR) is 90.9 cm³/mol. The molecule has 2 aromatic carbocycles. The Labute approximate surface area is 132 Å². The summed E-state index contributed by atoms with van der Waals surface area (Å²) in [5, 5.41) is 8.84. The average molecular weight is 294 g/mol. The van der Waals surface area contributed by atoms with Crippen LogP contribution in [0, 0.1) is 0 Å². The van der Waals surface area contributed by atoms with E-state index < -0.39 is 5.97 Å².